The second kappa shape index (κ2) is 7.52. The Labute approximate surface area is 134 Å². The number of Topliss-reactive ketones (excluding diaryl/α,β-unsaturated/α-hetero) is 1. The minimum atomic E-state index is -1.53. The normalized spacial score (nSPS) is 14.0. The predicted octanol–water partition coefficient (Wildman–Crippen LogP) is 1.95. The number of aliphatic hydroxyl groups is 2. The first kappa shape index (κ1) is 19.1. The molecule has 0 aliphatic carbocycles. The topological polar surface area (TPSA) is 95.9 Å². The number of aliphatic hydroxyl groups excluding tert-OH is 2. The van der Waals surface area contributed by atoms with Crippen molar-refractivity contribution in [1.82, 2.24) is 5.32 Å². The summed E-state index contributed by atoms with van der Waals surface area (Å²) in [5.74, 6) is -1.01. The summed E-state index contributed by atoms with van der Waals surface area (Å²) in [6.45, 7) is 6.01. The molecule has 0 saturated heterocycles. The summed E-state index contributed by atoms with van der Waals surface area (Å²) in [5.41, 5.74) is -0.621. The van der Waals surface area contributed by atoms with Gasteiger partial charge in [-0.05, 0) is 51.5 Å². The minimum absolute atomic E-state index is 0.0315. The highest BCUT2D eigenvalue weighted by Gasteiger charge is 2.24. The molecule has 0 fully saturated rings. The predicted molar refractivity (Wildman–Crippen MR) is 81.6 cm³/mol. The summed E-state index contributed by atoms with van der Waals surface area (Å²) in [4.78, 5) is 23.0. The van der Waals surface area contributed by atoms with Gasteiger partial charge in [-0.15, -0.1) is 0 Å². The van der Waals surface area contributed by atoms with E-state index in [4.69, 9.17) is 4.74 Å². The third kappa shape index (κ3) is 5.96. The SMILES string of the molecule is CC(=O)c1ccc(F)cc1C(O)C(O)CNC(=O)OC(C)(C)C. The van der Waals surface area contributed by atoms with Crippen molar-refractivity contribution in [1.29, 1.82) is 0 Å². The number of amides is 1. The Morgan fingerprint density at radius 1 is 1.30 bits per heavy atom. The number of nitrogens with one attached hydrogen (secondary N) is 1. The zero-order valence-corrected chi connectivity index (χ0v) is 13.6. The molecule has 7 heteroatoms. The van der Waals surface area contributed by atoms with Crippen LogP contribution in [0.1, 0.15) is 49.7 Å². The lowest BCUT2D eigenvalue weighted by Gasteiger charge is -2.23. The Balaban J connectivity index is 2.77. The highest BCUT2D eigenvalue weighted by molar-refractivity contribution is 5.95. The van der Waals surface area contributed by atoms with Crippen molar-refractivity contribution in [2.45, 2.75) is 45.5 Å². The summed E-state index contributed by atoms with van der Waals surface area (Å²) < 4.78 is 18.3. The van der Waals surface area contributed by atoms with Crippen LogP contribution in [0.3, 0.4) is 0 Å². The fourth-order valence-corrected chi connectivity index (χ4v) is 1.92. The fraction of sp³-hybridized carbons (Fsp3) is 0.500. The van der Waals surface area contributed by atoms with Crippen LogP contribution in [0.5, 0.6) is 0 Å². The van der Waals surface area contributed by atoms with E-state index in [1.54, 1.807) is 20.8 Å². The molecule has 3 N–H and O–H groups in total. The molecule has 0 aromatic heterocycles. The Morgan fingerprint density at radius 3 is 2.43 bits per heavy atom. The molecule has 1 aromatic carbocycles. The van der Waals surface area contributed by atoms with E-state index in [9.17, 15) is 24.2 Å². The van der Waals surface area contributed by atoms with Gasteiger partial charge in [0.2, 0.25) is 0 Å². The van der Waals surface area contributed by atoms with E-state index in [1.165, 1.54) is 13.0 Å². The van der Waals surface area contributed by atoms with E-state index in [2.05, 4.69) is 5.32 Å². The van der Waals surface area contributed by atoms with Gasteiger partial charge in [-0.25, -0.2) is 9.18 Å². The van der Waals surface area contributed by atoms with Crippen LogP contribution in [0.4, 0.5) is 9.18 Å². The number of carbonyl (C=O) groups excluding carboxylic acids is 2. The van der Waals surface area contributed by atoms with Crippen molar-refractivity contribution in [3.05, 3.63) is 35.1 Å². The Bertz CT molecular complexity index is 582. The molecule has 0 aliphatic rings. The molecule has 0 aliphatic heterocycles. The summed E-state index contributed by atoms with van der Waals surface area (Å²) in [6, 6.07) is 3.32. The number of alkyl carbamates (subject to hydrolysis) is 1. The molecule has 1 rings (SSSR count). The van der Waals surface area contributed by atoms with Gasteiger partial charge in [0.1, 0.15) is 23.6 Å². The molecular formula is C16H22FNO5. The van der Waals surface area contributed by atoms with Crippen LogP contribution in [0.15, 0.2) is 18.2 Å². The van der Waals surface area contributed by atoms with E-state index in [0.29, 0.717) is 0 Å². The van der Waals surface area contributed by atoms with Gasteiger partial charge in [-0.1, -0.05) is 0 Å². The average molecular weight is 327 g/mol. The first-order chi connectivity index (χ1) is 10.5. The fourth-order valence-electron chi connectivity index (χ4n) is 1.92. The third-order valence-corrected chi connectivity index (χ3v) is 2.93. The average Bonchev–Trinajstić information content (AvgIpc) is 2.41. The Kier molecular flexibility index (Phi) is 6.23. The van der Waals surface area contributed by atoms with Gasteiger partial charge < -0.3 is 20.3 Å². The molecule has 128 valence electrons. The van der Waals surface area contributed by atoms with Crippen molar-refractivity contribution in [2.75, 3.05) is 6.54 Å². The van der Waals surface area contributed by atoms with Gasteiger partial charge in [-0.3, -0.25) is 4.79 Å². The van der Waals surface area contributed by atoms with Crippen LogP contribution >= 0.6 is 0 Å². The largest absolute Gasteiger partial charge is 0.444 e. The van der Waals surface area contributed by atoms with Gasteiger partial charge >= 0.3 is 6.09 Å². The van der Waals surface area contributed by atoms with Gasteiger partial charge in [0, 0.05) is 12.1 Å². The summed E-state index contributed by atoms with van der Waals surface area (Å²) in [7, 11) is 0. The van der Waals surface area contributed by atoms with E-state index >= 15 is 0 Å². The Hall–Kier alpha value is -1.99. The van der Waals surface area contributed by atoms with Gasteiger partial charge in [0.25, 0.3) is 0 Å². The molecule has 0 saturated carbocycles. The smallest absolute Gasteiger partial charge is 0.407 e. The number of benzene rings is 1. The number of rotatable bonds is 5. The van der Waals surface area contributed by atoms with Crippen molar-refractivity contribution in [3.63, 3.8) is 0 Å². The van der Waals surface area contributed by atoms with Crippen LogP contribution in [-0.4, -0.2) is 40.3 Å². The number of halogens is 1. The minimum Gasteiger partial charge on any atom is -0.444 e. The van der Waals surface area contributed by atoms with Crippen LogP contribution in [0.25, 0.3) is 0 Å². The van der Waals surface area contributed by atoms with Gasteiger partial charge in [0.15, 0.2) is 5.78 Å². The number of hydrogen-bond donors (Lipinski definition) is 3. The highest BCUT2D eigenvalue weighted by atomic mass is 19.1. The number of ether oxygens (including phenoxy) is 1. The first-order valence-corrected chi connectivity index (χ1v) is 7.14. The molecule has 6 nitrogen and oxygen atoms in total. The van der Waals surface area contributed by atoms with Gasteiger partial charge in [-0.2, -0.15) is 0 Å². The quantitative estimate of drug-likeness (QED) is 0.718. The first-order valence-electron chi connectivity index (χ1n) is 7.14. The lowest BCUT2D eigenvalue weighted by Crippen LogP contribution is -2.39. The lowest BCUT2D eigenvalue weighted by molar-refractivity contribution is 0.0124. The standard InChI is InChI=1S/C16H22FNO5/c1-9(19)11-6-5-10(17)7-12(11)14(21)13(20)8-18-15(22)23-16(2,3)4/h5-7,13-14,20-21H,8H2,1-4H3,(H,18,22). The Morgan fingerprint density at radius 2 is 1.91 bits per heavy atom. The third-order valence-electron chi connectivity index (χ3n) is 2.93. The maximum absolute atomic E-state index is 13.3. The molecule has 0 spiro atoms. The molecule has 2 atom stereocenters. The maximum Gasteiger partial charge on any atom is 0.407 e. The van der Waals surface area contributed by atoms with E-state index < -0.39 is 29.7 Å². The molecule has 2 unspecified atom stereocenters. The number of carbonyl (C=O) groups is 2. The van der Waals surface area contributed by atoms with Gasteiger partial charge in [0.05, 0.1) is 0 Å². The molecule has 23 heavy (non-hydrogen) atoms. The molecule has 0 bridgehead atoms. The van der Waals surface area contributed by atoms with Crippen LogP contribution < -0.4 is 5.32 Å². The number of ketones is 1. The van der Waals surface area contributed by atoms with Crippen molar-refractivity contribution < 1.29 is 28.9 Å². The molecular weight excluding hydrogens is 305 g/mol. The monoisotopic (exact) mass is 327 g/mol. The van der Waals surface area contributed by atoms with E-state index in [-0.39, 0.29) is 23.5 Å². The van der Waals surface area contributed by atoms with Crippen molar-refractivity contribution >= 4 is 11.9 Å². The van der Waals surface area contributed by atoms with Crippen LogP contribution in [-0.2, 0) is 4.74 Å². The summed E-state index contributed by atoms with van der Waals surface area (Å²) in [6.07, 6.45) is -3.71. The second-order valence-corrected chi connectivity index (χ2v) is 6.18. The zero-order valence-electron chi connectivity index (χ0n) is 13.6. The summed E-state index contributed by atoms with van der Waals surface area (Å²) >= 11 is 0. The second-order valence-electron chi connectivity index (χ2n) is 6.18. The van der Waals surface area contributed by atoms with Crippen LogP contribution in [0, 0.1) is 5.82 Å². The lowest BCUT2D eigenvalue weighted by atomic mass is 9.96. The zero-order chi connectivity index (χ0) is 17.8. The van der Waals surface area contributed by atoms with Crippen molar-refractivity contribution in [2.24, 2.45) is 0 Å². The van der Waals surface area contributed by atoms with Crippen molar-refractivity contribution in [3.8, 4) is 0 Å². The number of hydrogen-bond acceptors (Lipinski definition) is 5. The van der Waals surface area contributed by atoms with E-state index in [1.807, 2.05) is 0 Å². The highest BCUT2D eigenvalue weighted by Crippen LogP contribution is 2.23. The van der Waals surface area contributed by atoms with E-state index in [0.717, 1.165) is 12.1 Å². The molecule has 0 radical (unpaired) electrons. The molecule has 1 amide bonds. The summed E-state index contributed by atoms with van der Waals surface area (Å²) in [5, 5.41) is 22.4. The van der Waals surface area contributed by atoms with Crippen LogP contribution in [0.2, 0.25) is 0 Å². The maximum atomic E-state index is 13.3. The molecule has 0 heterocycles. The molecule has 1 aromatic rings.